The van der Waals surface area contributed by atoms with E-state index in [4.69, 9.17) is 20.2 Å². The zero-order valence-electron chi connectivity index (χ0n) is 13.8. The van der Waals surface area contributed by atoms with E-state index in [-0.39, 0.29) is 4.90 Å². The molecule has 1 aliphatic heterocycles. The number of aryl methyl sites for hydroxylation is 1. The fraction of sp³-hybridized carbons (Fsp3) is 0.100. The molecule has 0 saturated carbocycles. The molecule has 0 unspecified atom stereocenters. The number of hydrogen-bond donors (Lipinski definition) is 0. The molecule has 3 aromatic rings. The minimum atomic E-state index is -3.88. The first kappa shape index (κ1) is 16.9. The van der Waals surface area contributed by atoms with Gasteiger partial charge in [0.2, 0.25) is 0 Å². The van der Waals surface area contributed by atoms with Crippen LogP contribution in [0.5, 0.6) is 11.5 Å². The maximum Gasteiger partial charge on any atom is 0.305 e. The van der Waals surface area contributed by atoms with E-state index >= 15 is 0 Å². The number of benzene rings is 3. The molecule has 0 aromatic heterocycles. The average molecular weight is 387 g/mol. The number of halogens is 1. The van der Waals surface area contributed by atoms with Crippen LogP contribution in [0.25, 0.3) is 0 Å². The third kappa shape index (κ3) is 2.73. The second kappa shape index (κ2) is 6.04. The van der Waals surface area contributed by atoms with Crippen LogP contribution in [0.2, 0.25) is 0 Å². The van der Waals surface area contributed by atoms with Gasteiger partial charge in [-0.3, -0.25) is 0 Å². The summed E-state index contributed by atoms with van der Waals surface area (Å²) >= 11 is 0. The van der Waals surface area contributed by atoms with Crippen molar-refractivity contribution in [2.24, 2.45) is 0 Å². The summed E-state index contributed by atoms with van der Waals surface area (Å²) in [6, 6.07) is 21.9. The Morgan fingerprint density at radius 2 is 1.38 bits per heavy atom. The Hall–Kier alpha value is -2.50. The van der Waals surface area contributed by atoms with Gasteiger partial charge in [-0.1, -0.05) is 60.7 Å². The van der Waals surface area contributed by atoms with Gasteiger partial charge in [0.25, 0.3) is 9.05 Å². The van der Waals surface area contributed by atoms with E-state index in [0.717, 1.165) is 11.1 Å². The first-order chi connectivity index (χ1) is 12.4. The summed E-state index contributed by atoms with van der Waals surface area (Å²) in [6.07, 6.45) is 0. The van der Waals surface area contributed by atoms with Gasteiger partial charge in [-0.2, -0.15) is 0 Å². The fourth-order valence-corrected chi connectivity index (χ4v) is 3.93. The third-order valence-corrected chi connectivity index (χ3v) is 5.64. The van der Waals surface area contributed by atoms with Gasteiger partial charge in [-0.15, -0.1) is 0 Å². The molecule has 1 aliphatic rings. The van der Waals surface area contributed by atoms with E-state index in [9.17, 15) is 8.42 Å². The van der Waals surface area contributed by atoms with E-state index in [1.807, 2.05) is 60.7 Å². The van der Waals surface area contributed by atoms with E-state index < -0.39 is 14.8 Å². The molecular weight excluding hydrogens is 372 g/mol. The van der Waals surface area contributed by atoms with E-state index in [2.05, 4.69) is 0 Å². The van der Waals surface area contributed by atoms with Gasteiger partial charge in [0, 0.05) is 27.9 Å². The van der Waals surface area contributed by atoms with Crippen LogP contribution in [0.3, 0.4) is 0 Å². The highest BCUT2D eigenvalue weighted by Crippen LogP contribution is 2.50. The lowest BCUT2D eigenvalue weighted by molar-refractivity contribution is -0.0462. The lowest BCUT2D eigenvalue weighted by atomic mass is 9.97. The molecule has 4 rings (SSSR count). The van der Waals surface area contributed by atoms with Crippen LogP contribution in [-0.4, -0.2) is 8.42 Å². The van der Waals surface area contributed by atoms with Crippen molar-refractivity contribution < 1.29 is 17.9 Å². The smallest absolute Gasteiger partial charge is 0.305 e. The monoisotopic (exact) mass is 386 g/mol. The van der Waals surface area contributed by atoms with Crippen molar-refractivity contribution in [1.29, 1.82) is 0 Å². The van der Waals surface area contributed by atoms with Crippen LogP contribution >= 0.6 is 10.7 Å². The Labute approximate surface area is 156 Å². The van der Waals surface area contributed by atoms with Gasteiger partial charge < -0.3 is 9.47 Å². The van der Waals surface area contributed by atoms with Crippen molar-refractivity contribution in [3.8, 4) is 11.5 Å². The summed E-state index contributed by atoms with van der Waals surface area (Å²) in [4.78, 5) is -0.0176. The largest absolute Gasteiger partial charge is 0.440 e. The highest BCUT2D eigenvalue weighted by molar-refractivity contribution is 8.13. The van der Waals surface area contributed by atoms with Crippen molar-refractivity contribution in [1.82, 2.24) is 0 Å². The van der Waals surface area contributed by atoms with Crippen LogP contribution in [0.4, 0.5) is 0 Å². The summed E-state index contributed by atoms with van der Waals surface area (Å²) in [5.74, 6) is -0.344. The molecule has 0 aliphatic carbocycles. The van der Waals surface area contributed by atoms with Crippen LogP contribution in [0, 0.1) is 6.92 Å². The second-order valence-corrected chi connectivity index (χ2v) is 8.62. The van der Waals surface area contributed by atoms with Crippen LogP contribution in [-0.2, 0) is 14.8 Å². The van der Waals surface area contributed by atoms with Crippen LogP contribution in [0.15, 0.2) is 77.7 Å². The Morgan fingerprint density at radius 1 is 0.846 bits per heavy atom. The molecule has 26 heavy (non-hydrogen) atoms. The number of hydrogen-bond acceptors (Lipinski definition) is 4. The lowest BCUT2D eigenvalue weighted by Gasteiger charge is -2.28. The van der Waals surface area contributed by atoms with Gasteiger partial charge in [0.1, 0.15) is 0 Å². The van der Waals surface area contributed by atoms with Gasteiger partial charge in [0.05, 0.1) is 4.90 Å². The number of fused-ring (bicyclic) bond motifs is 1. The topological polar surface area (TPSA) is 52.6 Å². The minimum Gasteiger partial charge on any atom is -0.440 e. The van der Waals surface area contributed by atoms with E-state index in [0.29, 0.717) is 17.1 Å². The molecule has 1 heterocycles. The van der Waals surface area contributed by atoms with Gasteiger partial charge in [-0.05, 0) is 18.6 Å². The van der Waals surface area contributed by atoms with Crippen LogP contribution in [0.1, 0.15) is 16.7 Å². The molecule has 0 atom stereocenters. The SMILES string of the molecule is Cc1cc(S(=O)(=O)Cl)cc2c1OC(c1ccccc1)(c1ccccc1)O2. The number of ether oxygens (including phenoxy) is 2. The Kier molecular flexibility index (Phi) is 3.93. The first-order valence-electron chi connectivity index (χ1n) is 7.98. The molecule has 0 saturated heterocycles. The Balaban J connectivity index is 1.92. The summed E-state index contributed by atoms with van der Waals surface area (Å²) in [5, 5.41) is 0. The van der Waals surface area contributed by atoms with Crippen molar-refractivity contribution in [2.75, 3.05) is 0 Å². The molecule has 4 nitrogen and oxygen atoms in total. The van der Waals surface area contributed by atoms with Crippen molar-refractivity contribution in [3.63, 3.8) is 0 Å². The molecule has 0 bridgehead atoms. The standard InChI is InChI=1S/C20H15ClO4S/c1-14-12-17(26(21,22)23)13-18-19(14)25-20(24-18,15-8-4-2-5-9-15)16-10-6-3-7-11-16/h2-13H,1H3. The fourth-order valence-electron chi connectivity index (χ4n) is 3.09. The van der Waals surface area contributed by atoms with E-state index in [1.165, 1.54) is 12.1 Å². The Morgan fingerprint density at radius 3 is 1.88 bits per heavy atom. The molecular formula is C20H15ClO4S. The summed E-state index contributed by atoms with van der Waals surface area (Å²) in [5.41, 5.74) is 2.24. The maximum atomic E-state index is 11.8. The molecule has 132 valence electrons. The normalized spacial score (nSPS) is 15.0. The average Bonchev–Trinajstić information content (AvgIpc) is 3.04. The van der Waals surface area contributed by atoms with Gasteiger partial charge in [-0.25, -0.2) is 8.42 Å². The maximum absolute atomic E-state index is 11.8. The molecule has 0 spiro atoms. The van der Waals surface area contributed by atoms with Gasteiger partial charge >= 0.3 is 5.79 Å². The zero-order chi connectivity index (χ0) is 18.4. The lowest BCUT2D eigenvalue weighted by Crippen LogP contribution is -2.36. The molecule has 0 amide bonds. The summed E-state index contributed by atoms with van der Waals surface area (Å²) < 4.78 is 36.1. The summed E-state index contributed by atoms with van der Waals surface area (Å²) in [7, 11) is 1.64. The highest BCUT2D eigenvalue weighted by Gasteiger charge is 2.46. The number of rotatable bonds is 3. The third-order valence-electron chi connectivity index (χ3n) is 4.30. The molecule has 6 heteroatoms. The molecule has 3 aromatic carbocycles. The van der Waals surface area contributed by atoms with Gasteiger partial charge in [0.15, 0.2) is 11.5 Å². The predicted octanol–water partition coefficient (Wildman–Crippen LogP) is 4.60. The van der Waals surface area contributed by atoms with Crippen LogP contribution < -0.4 is 9.47 Å². The quantitative estimate of drug-likeness (QED) is 0.617. The van der Waals surface area contributed by atoms with Crippen molar-refractivity contribution >= 4 is 19.7 Å². The molecule has 0 fully saturated rings. The second-order valence-electron chi connectivity index (χ2n) is 6.06. The summed E-state index contributed by atoms with van der Waals surface area (Å²) in [6.45, 7) is 1.76. The van der Waals surface area contributed by atoms with Crippen molar-refractivity contribution in [3.05, 3.63) is 89.5 Å². The van der Waals surface area contributed by atoms with E-state index in [1.54, 1.807) is 6.92 Å². The predicted molar refractivity (Wildman–Crippen MR) is 99.1 cm³/mol. The molecule has 0 radical (unpaired) electrons. The van der Waals surface area contributed by atoms with Crippen molar-refractivity contribution in [2.45, 2.75) is 17.6 Å². The first-order valence-corrected chi connectivity index (χ1v) is 10.3. The minimum absolute atomic E-state index is 0.0176. The zero-order valence-corrected chi connectivity index (χ0v) is 15.4. The highest BCUT2D eigenvalue weighted by atomic mass is 35.7. The molecule has 0 N–H and O–H groups in total. The Bertz CT molecular complexity index is 1020.